The fraction of sp³-hybridized carbons (Fsp3) is 0.500. The van der Waals surface area contributed by atoms with Gasteiger partial charge in [-0.25, -0.2) is 0 Å². The van der Waals surface area contributed by atoms with E-state index in [2.05, 4.69) is 18.7 Å². The highest BCUT2D eigenvalue weighted by Crippen LogP contribution is 2.37. The van der Waals surface area contributed by atoms with Crippen molar-refractivity contribution in [2.24, 2.45) is 0 Å². The van der Waals surface area contributed by atoms with Crippen LogP contribution in [0.1, 0.15) is 12.5 Å². The van der Waals surface area contributed by atoms with E-state index in [1.54, 1.807) is 0 Å². The Kier molecular flexibility index (Phi) is 3.67. The fourth-order valence-electron chi connectivity index (χ4n) is 1.80. The first kappa shape index (κ1) is 12.1. The van der Waals surface area contributed by atoms with Crippen molar-refractivity contribution in [3.8, 4) is 5.75 Å². The molecule has 0 saturated carbocycles. The van der Waals surface area contributed by atoms with Gasteiger partial charge < -0.3 is 9.47 Å². The van der Waals surface area contributed by atoms with E-state index in [4.69, 9.17) is 21.1 Å². The summed E-state index contributed by atoms with van der Waals surface area (Å²) < 4.78 is 10.7. The lowest BCUT2D eigenvalue weighted by atomic mass is 9.80. The molecule has 1 aliphatic heterocycles. The summed E-state index contributed by atoms with van der Waals surface area (Å²) in [7, 11) is 0. The van der Waals surface area contributed by atoms with E-state index in [1.807, 2.05) is 19.1 Å². The van der Waals surface area contributed by atoms with Crippen molar-refractivity contribution in [3.63, 3.8) is 0 Å². The zero-order valence-electron chi connectivity index (χ0n) is 9.20. The van der Waals surface area contributed by atoms with Crippen LogP contribution in [0.4, 0.5) is 0 Å². The van der Waals surface area contributed by atoms with Crippen LogP contribution in [-0.2, 0) is 10.2 Å². The molecule has 0 amide bonds. The molecule has 1 aromatic carbocycles. The molecule has 0 bridgehead atoms. The van der Waals surface area contributed by atoms with E-state index in [0.29, 0.717) is 11.6 Å². The van der Waals surface area contributed by atoms with Gasteiger partial charge >= 0.3 is 0 Å². The van der Waals surface area contributed by atoms with Crippen LogP contribution in [0.5, 0.6) is 5.75 Å². The van der Waals surface area contributed by atoms with Gasteiger partial charge in [-0.1, -0.05) is 17.7 Å². The number of halogens is 1. The molecule has 0 spiro atoms. The molecule has 16 heavy (non-hydrogen) atoms. The van der Waals surface area contributed by atoms with Gasteiger partial charge in [0.15, 0.2) is 0 Å². The molecule has 1 fully saturated rings. The Balaban J connectivity index is 2.26. The van der Waals surface area contributed by atoms with Crippen LogP contribution >= 0.6 is 24.2 Å². The molecule has 0 atom stereocenters. The highest BCUT2D eigenvalue weighted by molar-refractivity contribution is 7.80. The van der Waals surface area contributed by atoms with Crippen LogP contribution < -0.4 is 4.74 Å². The molecule has 1 saturated heterocycles. The molecule has 2 rings (SSSR count). The quantitative estimate of drug-likeness (QED) is 0.838. The Morgan fingerprint density at radius 2 is 2.25 bits per heavy atom. The van der Waals surface area contributed by atoms with Gasteiger partial charge in [0.1, 0.15) is 5.75 Å². The maximum absolute atomic E-state index is 6.16. The first-order chi connectivity index (χ1) is 7.72. The van der Waals surface area contributed by atoms with Crippen molar-refractivity contribution < 1.29 is 9.47 Å². The number of rotatable bonds is 4. The van der Waals surface area contributed by atoms with Crippen LogP contribution in [0.3, 0.4) is 0 Å². The lowest BCUT2D eigenvalue weighted by Gasteiger charge is -2.41. The van der Waals surface area contributed by atoms with Gasteiger partial charge in [0.05, 0.1) is 30.3 Å². The molecule has 1 aliphatic rings. The molecule has 0 unspecified atom stereocenters. The molecule has 2 nitrogen and oxygen atoms in total. The number of ether oxygens (including phenoxy) is 2. The molecular formula is C12H15ClO2S. The van der Waals surface area contributed by atoms with Gasteiger partial charge in [-0.2, -0.15) is 12.6 Å². The smallest absolute Gasteiger partial charge is 0.137 e. The average molecular weight is 259 g/mol. The first-order valence-corrected chi connectivity index (χ1v) is 6.34. The van der Waals surface area contributed by atoms with Crippen LogP contribution in [-0.4, -0.2) is 25.6 Å². The second kappa shape index (κ2) is 4.86. The van der Waals surface area contributed by atoms with Gasteiger partial charge in [-0.3, -0.25) is 0 Å². The topological polar surface area (TPSA) is 18.5 Å². The number of benzene rings is 1. The molecule has 1 aromatic rings. The summed E-state index contributed by atoms with van der Waals surface area (Å²) in [5.41, 5.74) is 1.22. The number of hydrogen-bond acceptors (Lipinski definition) is 3. The van der Waals surface area contributed by atoms with Crippen LogP contribution in [0.25, 0.3) is 0 Å². The lowest BCUT2D eigenvalue weighted by Crippen LogP contribution is -2.48. The van der Waals surface area contributed by atoms with E-state index in [1.165, 1.54) is 5.56 Å². The van der Waals surface area contributed by atoms with E-state index in [9.17, 15) is 0 Å². The monoisotopic (exact) mass is 258 g/mol. The molecule has 88 valence electrons. The van der Waals surface area contributed by atoms with Gasteiger partial charge in [-0.15, -0.1) is 0 Å². The third-order valence-corrected chi connectivity index (χ3v) is 3.80. The van der Waals surface area contributed by atoms with E-state index in [-0.39, 0.29) is 5.41 Å². The average Bonchev–Trinajstić information content (AvgIpc) is 2.21. The minimum Gasteiger partial charge on any atom is -0.492 e. The highest BCUT2D eigenvalue weighted by atomic mass is 35.5. The summed E-state index contributed by atoms with van der Waals surface area (Å²) in [6.07, 6.45) is 0. The summed E-state index contributed by atoms with van der Waals surface area (Å²) in [5, 5.41) is 0.660. The van der Waals surface area contributed by atoms with Crippen molar-refractivity contribution in [3.05, 3.63) is 28.8 Å². The summed E-state index contributed by atoms with van der Waals surface area (Å²) in [6, 6.07) is 5.94. The molecular weight excluding hydrogens is 244 g/mol. The molecule has 0 N–H and O–H groups in total. The summed E-state index contributed by atoms with van der Waals surface area (Å²) in [6.45, 7) is 4.01. The van der Waals surface area contributed by atoms with Crippen LogP contribution in [0.15, 0.2) is 18.2 Å². The number of thiol groups is 1. The Labute approximate surface area is 106 Å². The largest absolute Gasteiger partial charge is 0.492 e. The zero-order chi connectivity index (χ0) is 11.6. The molecule has 4 heteroatoms. The molecule has 1 heterocycles. The third-order valence-electron chi connectivity index (χ3n) is 2.90. The lowest BCUT2D eigenvalue weighted by molar-refractivity contribution is -0.0470. The summed E-state index contributed by atoms with van der Waals surface area (Å²) in [5.74, 6) is 1.51. The van der Waals surface area contributed by atoms with Crippen molar-refractivity contribution in [1.29, 1.82) is 0 Å². The fourth-order valence-corrected chi connectivity index (χ4v) is 2.40. The van der Waals surface area contributed by atoms with E-state index >= 15 is 0 Å². The Morgan fingerprint density at radius 3 is 2.69 bits per heavy atom. The zero-order valence-corrected chi connectivity index (χ0v) is 10.9. The van der Waals surface area contributed by atoms with Crippen LogP contribution in [0, 0.1) is 0 Å². The summed E-state index contributed by atoms with van der Waals surface area (Å²) in [4.78, 5) is 0. The van der Waals surface area contributed by atoms with Crippen molar-refractivity contribution in [1.82, 2.24) is 0 Å². The van der Waals surface area contributed by atoms with Gasteiger partial charge in [0, 0.05) is 5.75 Å². The standard InChI is InChI=1S/C12H15ClO2S/c1-2-15-11-4-3-9(5-10(11)13)12(8-16)6-14-7-12/h3-5,16H,2,6-8H2,1H3. The second-order valence-electron chi connectivity index (χ2n) is 4.01. The maximum Gasteiger partial charge on any atom is 0.137 e. The maximum atomic E-state index is 6.16. The Bertz CT molecular complexity index is 372. The minimum atomic E-state index is 0.0392. The van der Waals surface area contributed by atoms with E-state index < -0.39 is 0 Å². The van der Waals surface area contributed by atoms with Crippen molar-refractivity contribution >= 4 is 24.2 Å². The van der Waals surface area contributed by atoms with E-state index in [0.717, 1.165) is 24.7 Å². The number of hydrogen-bond donors (Lipinski definition) is 1. The predicted octanol–water partition coefficient (Wildman–Crippen LogP) is 2.94. The molecule has 0 aliphatic carbocycles. The predicted molar refractivity (Wildman–Crippen MR) is 69.0 cm³/mol. The Hall–Kier alpha value is -0.380. The van der Waals surface area contributed by atoms with Crippen molar-refractivity contribution in [2.45, 2.75) is 12.3 Å². The molecule has 0 radical (unpaired) electrons. The SMILES string of the molecule is CCOc1ccc(C2(CS)COC2)cc1Cl. The third kappa shape index (κ3) is 2.04. The Morgan fingerprint density at radius 1 is 1.50 bits per heavy atom. The normalized spacial score (nSPS) is 17.9. The first-order valence-electron chi connectivity index (χ1n) is 5.33. The van der Waals surface area contributed by atoms with Gasteiger partial charge in [-0.05, 0) is 24.6 Å². The van der Waals surface area contributed by atoms with Crippen molar-refractivity contribution in [2.75, 3.05) is 25.6 Å². The van der Waals surface area contributed by atoms with Gasteiger partial charge in [0.2, 0.25) is 0 Å². The molecule has 0 aromatic heterocycles. The van der Waals surface area contributed by atoms with Crippen LogP contribution in [0.2, 0.25) is 5.02 Å². The highest BCUT2D eigenvalue weighted by Gasteiger charge is 2.39. The summed E-state index contributed by atoms with van der Waals surface area (Å²) >= 11 is 10.6. The van der Waals surface area contributed by atoms with Gasteiger partial charge in [0.25, 0.3) is 0 Å². The second-order valence-corrected chi connectivity index (χ2v) is 4.73. The minimum absolute atomic E-state index is 0.0392.